The third-order valence-corrected chi connectivity index (χ3v) is 4.25. The second-order valence-electron chi connectivity index (χ2n) is 4.95. The monoisotopic (exact) mass is 238 g/mol. The highest BCUT2D eigenvalue weighted by molar-refractivity contribution is 5.74. The fraction of sp³-hybridized carbons (Fsp3) is 0.786. The Morgan fingerprint density at radius 3 is 3.00 bits per heavy atom. The number of aldehydes is 1. The van der Waals surface area contributed by atoms with E-state index in [0.29, 0.717) is 18.4 Å². The molecule has 0 bridgehead atoms. The summed E-state index contributed by atoms with van der Waals surface area (Å²) in [5, 5.41) is 0. The van der Waals surface area contributed by atoms with Crippen LogP contribution in [0.25, 0.3) is 0 Å². The van der Waals surface area contributed by atoms with E-state index in [-0.39, 0.29) is 0 Å². The fourth-order valence-corrected chi connectivity index (χ4v) is 3.53. The predicted molar refractivity (Wildman–Crippen MR) is 65.6 cm³/mol. The number of rotatable bonds is 4. The van der Waals surface area contributed by atoms with E-state index in [1.54, 1.807) is 7.11 Å². The first-order valence-electron chi connectivity index (χ1n) is 6.61. The molecule has 3 unspecified atom stereocenters. The van der Waals surface area contributed by atoms with Gasteiger partial charge in [0.2, 0.25) is 0 Å². The van der Waals surface area contributed by atoms with Crippen LogP contribution >= 0.6 is 0 Å². The van der Waals surface area contributed by atoms with E-state index in [0.717, 1.165) is 44.0 Å². The van der Waals surface area contributed by atoms with Gasteiger partial charge in [-0.3, -0.25) is 4.79 Å². The lowest BCUT2D eigenvalue weighted by Gasteiger charge is -2.48. The molecular formula is C14H22O3. The van der Waals surface area contributed by atoms with Crippen molar-refractivity contribution in [2.75, 3.05) is 13.7 Å². The number of ether oxygens (including phenoxy) is 2. The summed E-state index contributed by atoms with van der Waals surface area (Å²) in [6, 6.07) is 0. The van der Waals surface area contributed by atoms with Crippen molar-refractivity contribution in [3.05, 3.63) is 11.6 Å². The van der Waals surface area contributed by atoms with Crippen molar-refractivity contribution < 1.29 is 14.3 Å². The standard InChI is InChI=1S/C14H22O3/c1-3-17-14(16-2)9-5-7-12-11(10-15)6-4-8-13(12)14/h6,10,12-13H,3-5,7-9H2,1-2H3. The lowest BCUT2D eigenvalue weighted by molar-refractivity contribution is -0.275. The Morgan fingerprint density at radius 2 is 2.35 bits per heavy atom. The average molecular weight is 238 g/mol. The molecule has 0 aromatic heterocycles. The zero-order chi connectivity index (χ0) is 12.3. The Labute approximate surface area is 103 Å². The lowest BCUT2D eigenvalue weighted by Crippen LogP contribution is -2.50. The van der Waals surface area contributed by atoms with Gasteiger partial charge in [0.25, 0.3) is 0 Å². The van der Waals surface area contributed by atoms with Crippen LogP contribution in [0.15, 0.2) is 11.6 Å². The maximum atomic E-state index is 11.1. The molecule has 96 valence electrons. The number of fused-ring (bicyclic) bond motifs is 1. The molecule has 2 aliphatic carbocycles. The largest absolute Gasteiger partial charge is 0.353 e. The number of hydrogen-bond donors (Lipinski definition) is 0. The van der Waals surface area contributed by atoms with E-state index in [2.05, 4.69) is 6.08 Å². The molecule has 0 aromatic carbocycles. The minimum Gasteiger partial charge on any atom is -0.353 e. The highest BCUT2D eigenvalue weighted by Crippen LogP contribution is 2.48. The van der Waals surface area contributed by atoms with Crippen LogP contribution in [0.3, 0.4) is 0 Å². The van der Waals surface area contributed by atoms with Crippen LogP contribution in [-0.4, -0.2) is 25.8 Å². The molecule has 3 nitrogen and oxygen atoms in total. The number of hydrogen-bond acceptors (Lipinski definition) is 3. The van der Waals surface area contributed by atoms with Crippen LogP contribution in [0.1, 0.15) is 39.0 Å². The Hall–Kier alpha value is -0.670. The highest BCUT2D eigenvalue weighted by Gasteiger charge is 2.48. The summed E-state index contributed by atoms with van der Waals surface area (Å²) in [6.45, 7) is 2.67. The molecule has 0 saturated heterocycles. The van der Waals surface area contributed by atoms with Gasteiger partial charge in [0.15, 0.2) is 5.79 Å². The van der Waals surface area contributed by atoms with Crippen molar-refractivity contribution >= 4 is 6.29 Å². The first-order chi connectivity index (χ1) is 8.27. The summed E-state index contributed by atoms with van der Waals surface area (Å²) in [5.74, 6) is 0.216. The van der Waals surface area contributed by atoms with Crippen molar-refractivity contribution in [2.45, 2.75) is 44.8 Å². The number of carbonyl (C=O) groups excluding carboxylic acids is 1. The molecule has 0 spiro atoms. The smallest absolute Gasteiger partial charge is 0.171 e. The summed E-state index contributed by atoms with van der Waals surface area (Å²) in [4.78, 5) is 11.1. The first-order valence-corrected chi connectivity index (χ1v) is 6.61. The molecular weight excluding hydrogens is 216 g/mol. The van der Waals surface area contributed by atoms with Gasteiger partial charge in [0.1, 0.15) is 6.29 Å². The molecule has 3 heteroatoms. The van der Waals surface area contributed by atoms with Gasteiger partial charge in [0.05, 0.1) is 0 Å². The number of allylic oxidation sites excluding steroid dienone is 2. The minimum atomic E-state index is -0.458. The molecule has 17 heavy (non-hydrogen) atoms. The summed E-state index contributed by atoms with van der Waals surface area (Å²) in [5.41, 5.74) is 0.960. The molecule has 3 atom stereocenters. The van der Waals surface area contributed by atoms with Crippen LogP contribution in [-0.2, 0) is 14.3 Å². The predicted octanol–water partition coefficient (Wildman–Crippen LogP) is 2.70. The van der Waals surface area contributed by atoms with Gasteiger partial charge >= 0.3 is 0 Å². The van der Waals surface area contributed by atoms with Gasteiger partial charge in [-0.15, -0.1) is 0 Å². The van der Waals surface area contributed by atoms with Crippen LogP contribution < -0.4 is 0 Å². The van der Waals surface area contributed by atoms with Gasteiger partial charge in [-0.25, -0.2) is 0 Å². The second kappa shape index (κ2) is 5.32. The quantitative estimate of drug-likeness (QED) is 0.558. The van der Waals surface area contributed by atoms with E-state index >= 15 is 0 Å². The van der Waals surface area contributed by atoms with Gasteiger partial charge in [-0.1, -0.05) is 6.08 Å². The molecule has 0 amide bonds. The highest BCUT2D eigenvalue weighted by atomic mass is 16.7. The van der Waals surface area contributed by atoms with Crippen molar-refractivity contribution in [2.24, 2.45) is 11.8 Å². The molecule has 1 saturated carbocycles. The third-order valence-electron chi connectivity index (χ3n) is 4.25. The summed E-state index contributed by atoms with van der Waals surface area (Å²) < 4.78 is 11.6. The van der Waals surface area contributed by atoms with Gasteiger partial charge in [0, 0.05) is 26.1 Å². The SMILES string of the molecule is CCOC1(OC)CCCC2C(C=O)=CCCC21. The van der Waals surface area contributed by atoms with E-state index in [4.69, 9.17) is 9.47 Å². The normalized spacial score (nSPS) is 37.2. The number of carbonyl (C=O) groups is 1. The van der Waals surface area contributed by atoms with Crippen molar-refractivity contribution in [3.63, 3.8) is 0 Å². The molecule has 0 aliphatic heterocycles. The average Bonchev–Trinajstić information content (AvgIpc) is 2.38. The zero-order valence-corrected chi connectivity index (χ0v) is 10.8. The van der Waals surface area contributed by atoms with Crippen LogP contribution in [0.2, 0.25) is 0 Å². The fourth-order valence-electron chi connectivity index (χ4n) is 3.53. The molecule has 2 rings (SSSR count). The van der Waals surface area contributed by atoms with Crippen molar-refractivity contribution in [1.29, 1.82) is 0 Å². The summed E-state index contributed by atoms with van der Waals surface area (Å²) in [7, 11) is 1.73. The minimum absolute atomic E-state index is 0.335. The van der Waals surface area contributed by atoms with Gasteiger partial charge in [-0.2, -0.15) is 0 Å². The lowest BCUT2D eigenvalue weighted by atomic mass is 9.67. The van der Waals surface area contributed by atoms with E-state index < -0.39 is 5.79 Å². The van der Waals surface area contributed by atoms with Crippen LogP contribution in [0.4, 0.5) is 0 Å². The van der Waals surface area contributed by atoms with Crippen molar-refractivity contribution in [1.82, 2.24) is 0 Å². The van der Waals surface area contributed by atoms with Gasteiger partial charge < -0.3 is 9.47 Å². The number of methoxy groups -OCH3 is 1. The first kappa shape index (κ1) is 12.8. The zero-order valence-electron chi connectivity index (χ0n) is 10.8. The Morgan fingerprint density at radius 1 is 1.53 bits per heavy atom. The maximum Gasteiger partial charge on any atom is 0.171 e. The van der Waals surface area contributed by atoms with Crippen molar-refractivity contribution in [3.8, 4) is 0 Å². The second-order valence-corrected chi connectivity index (χ2v) is 4.95. The van der Waals surface area contributed by atoms with E-state index in [9.17, 15) is 4.79 Å². The molecule has 0 aromatic rings. The molecule has 0 N–H and O–H groups in total. The van der Waals surface area contributed by atoms with Gasteiger partial charge in [-0.05, 0) is 44.1 Å². The van der Waals surface area contributed by atoms with Crippen LogP contribution in [0, 0.1) is 11.8 Å². The topological polar surface area (TPSA) is 35.5 Å². The van der Waals surface area contributed by atoms with Crippen LogP contribution in [0.5, 0.6) is 0 Å². The Kier molecular flexibility index (Phi) is 4.00. The molecule has 0 heterocycles. The molecule has 0 radical (unpaired) electrons. The third kappa shape index (κ3) is 2.18. The molecule has 2 aliphatic rings. The maximum absolute atomic E-state index is 11.1. The van der Waals surface area contributed by atoms with E-state index in [1.165, 1.54) is 0 Å². The summed E-state index contributed by atoms with van der Waals surface area (Å²) in [6.07, 6.45) is 8.25. The molecule has 1 fully saturated rings. The Bertz CT molecular complexity index is 307. The van der Waals surface area contributed by atoms with E-state index in [1.807, 2.05) is 6.92 Å². The summed E-state index contributed by atoms with van der Waals surface area (Å²) >= 11 is 0. The Balaban J connectivity index is 2.26.